The van der Waals surface area contributed by atoms with E-state index in [0.717, 1.165) is 10.8 Å². The van der Waals surface area contributed by atoms with Crippen LogP contribution < -0.4 is 5.32 Å². The number of aromatic nitrogens is 2. The number of aliphatic hydroxyl groups excluding tert-OH is 1. The Hall–Kier alpha value is -1.79. The minimum Gasteiger partial charge on any atom is -0.396 e. The van der Waals surface area contributed by atoms with E-state index in [4.69, 9.17) is 5.11 Å². The fourth-order valence-electron chi connectivity index (χ4n) is 2.06. The van der Waals surface area contributed by atoms with Crippen molar-refractivity contribution in [2.24, 2.45) is 0 Å². The van der Waals surface area contributed by atoms with Crippen LogP contribution in [0.5, 0.6) is 0 Å². The van der Waals surface area contributed by atoms with Gasteiger partial charge < -0.3 is 10.4 Å². The number of aryl methyl sites for hydroxylation is 1. The molecule has 1 aromatic heterocycles. The molecule has 118 valence electrons. The number of imidazole rings is 1. The van der Waals surface area contributed by atoms with Gasteiger partial charge in [0.25, 0.3) is 0 Å². The molecule has 0 saturated heterocycles. The largest absolute Gasteiger partial charge is 0.396 e. The van der Waals surface area contributed by atoms with E-state index in [1.807, 2.05) is 16.8 Å². The molecule has 0 atom stereocenters. The molecule has 22 heavy (non-hydrogen) atoms. The predicted molar refractivity (Wildman–Crippen MR) is 88.5 cm³/mol. The van der Waals surface area contributed by atoms with Crippen molar-refractivity contribution < 1.29 is 9.90 Å². The standard InChI is InChI=1S/C16H21N3O2S/c1-12-5-3-6-14(13(12)2)19-9-8-18-16(19)22-11-15(21)17-7-4-10-20/h3,5-6,8-9,20H,4,7,10-11H2,1-2H3,(H,17,21). The van der Waals surface area contributed by atoms with E-state index in [0.29, 0.717) is 18.7 Å². The lowest BCUT2D eigenvalue weighted by atomic mass is 10.1. The van der Waals surface area contributed by atoms with Crippen LogP contribution in [0.1, 0.15) is 17.5 Å². The Labute approximate surface area is 134 Å². The van der Waals surface area contributed by atoms with E-state index < -0.39 is 0 Å². The Morgan fingerprint density at radius 2 is 2.23 bits per heavy atom. The van der Waals surface area contributed by atoms with Crippen molar-refractivity contribution in [1.29, 1.82) is 0 Å². The lowest BCUT2D eigenvalue weighted by Gasteiger charge is -2.12. The molecule has 2 rings (SSSR count). The summed E-state index contributed by atoms with van der Waals surface area (Å²) in [5.41, 5.74) is 3.51. The predicted octanol–water partition coefficient (Wildman–Crippen LogP) is 2.08. The number of amides is 1. The van der Waals surface area contributed by atoms with Gasteiger partial charge in [-0.05, 0) is 37.5 Å². The third kappa shape index (κ3) is 4.11. The highest BCUT2D eigenvalue weighted by atomic mass is 32.2. The summed E-state index contributed by atoms with van der Waals surface area (Å²) in [4.78, 5) is 16.1. The minimum absolute atomic E-state index is 0.0473. The lowest BCUT2D eigenvalue weighted by molar-refractivity contribution is -0.118. The van der Waals surface area contributed by atoms with Gasteiger partial charge in [-0.3, -0.25) is 9.36 Å². The molecule has 0 aliphatic rings. The highest BCUT2D eigenvalue weighted by molar-refractivity contribution is 7.99. The molecule has 0 fully saturated rings. The summed E-state index contributed by atoms with van der Waals surface area (Å²) in [6, 6.07) is 6.15. The van der Waals surface area contributed by atoms with E-state index in [1.54, 1.807) is 6.20 Å². The van der Waals surface area contributed by atoms with Crippen molar-refractivity contribution >= 4 is 17.7 Å². The highest BCUT2D eigenvalue weighted by Gasteiger charge is 2.11. The Balaban J connectivity index is 2.04. The van der Waals surface area contributed by atoms with Gasteiger partial charge in [-0.25, -0.2) is 4.98 Å². The molecule has 1 amide bonds. The number of hydrogen-bond donors (Lipinski definition) is 2. The van der Waals surface area contributed by atoms with Gasteiger partial charge in [-0.2, -0.15) is 0 Å². The zero-order chi connectivity index (χ0) is 15.9. The van der Waals surface area contributed by atoms with E-state index in [2.05, 4.69) is 36.3 Å². The molecule has 0 spiro atoms. The van der Waals surface area contributed by atoms with E-state index in [9.17, 15) is 4.79 Å². The van der Waals surface area contributed by atoms with Crippen LogP contribution in [0.25, 0.3) is 5.69 Å². The zero-order valence-electron chi connectivity index (χ0n) is 12.9. The summed E-state index contributed by atoms with van der Waals surface area (Å²) >= 11 is 1.41. The van der Waals surface area contributed by atoms with Crippen molar-refractivity contribution in [3.8, 4) is 5.69 Å². The molecule has 2 N–H and O–H groups in total. The molecule has 2 aromatic rings. The van der Waals surface area contributed by atoms with Crippen LogP contribution >= 0.6 is 11.8 Å². The first kappa shape index (κ1) is 16.6. The van der Waals surface area contributed by atoms with Gasteiger partial charge in [0.2, 0.25) is 5.91 Å². The van der Waals surface area contributed by atoms with Gasteiger partial charge in [0.1, 0.15) is 0 Å². The van der Waals surface area contributed by atoms with Gasteiger partial charge in [0.05, 0.1) is 11.4 Å². The molecule has 6 heteroatoms. The van der Waals surface area contributed by atoms with Crippen molar-refractivity contribution in [3.63, 3.8) is 0 Å². The summed E-state index contributed by atoms with van der Waals surface area (Å²) in [7, 11) is 0. The second-order valence-corrected chi connectivity index (χ2v) is 5.96. The summed E-state index contributed by atoms with van der Waals surface area (Å²) < 4.78 is 2.01. The Morgan fingerprint density at radius 3 is 3.00 bits per heavy atom. The molecule has 0 aliphatic heterocycles. The van der Waals surface area contributed by atoms with Gasteiger partial charge >= 0.3 is 0 Å². The summed E-state index contributed by atoms with van der Waals surface area (Å²) in [5, 5.41) is 12.3. The smallest absolute Gasteiger partial charge is 0.230 e. The number of carbonyl (C=O) groups excluding carboxylic acids is 1. The quantitative estimate of drug-likeness (QED) is 0.606. The lowest BCUT2D eigenvalue weighted by Crippen LogP contribution is -2.26. The molecule has 5 nitrogen and oxygen atoms in total. The van der Waals surface area contributed by atoms with E-state index in [1.165, 1.54) is 22.9 Å². The van der Waals surface area contributed by atoms with Crippen LogP contribution in [0, 0.1) is 13.8 Å². The maximum Gasteiger partial charge on any atom is 0.230 e. The summed E-state index contributed by atoms with van der Waals surface area (Å²) in [6.45, 7) is 4.75. The number of nitrogens with one attached hydrogen (secondary N) is 1. The van der Waals surface area contributed by atoms with Gasteiger partial charge in [-0.1, -0.05) is 23.9 Å². The molecule has 0 aliphatic carbocycles. The number of rotatable bonds is 7. The molecule has 0 unspecified atom stereocenters. The molecular formula is C16H21N3O2S. The Morgan fingerprint density at radius 1 is 1.41 bits per heavy atom. The second kappa shape index (κ2) is 8.00. The number of carbonyl (C=O) groups is 1. The van der Waals surface area contributed by atoms with Crippen molar-refractivity contribution in [2.75, 3.05) is 18.9 Å². The third-order valence-corrected chi connectivity index (χ3v) is 4.40. The first-order chi connectivity index (χ1) is 10.6. The SMILES string of the molecule is Cc1cccc(-n2ccnc2SCC(=O)NCCCO)c1C. The summed E-state index contributed by atoms with van der Waals surface area (Å²) in [5.74, 6) is 0.266. The molecule has 0 radical (unpaired) electrons. The molecule has 1 heterocycles. The average Bonchev–Trinajstić information content (AvgIpc) is 2.96. The Bertz CT molecular complexity index is 640. The fourth-order valence-corrected chi connectivity index (χ4v) is 2.86. The normalized spacial score (nSPS) is 10.7. The fraction of sp³-hybridized carbons (Fsp3) is 0.375. The number of nitrogens with zero attached hydrogens (tertiary/aromatic N) is 2. The van der Waals surface area contributed by atoms with Gasteiger partial charge in [-0.15, -0.1) is 0 Å². The molecule has 1 aromatic carbocycles. The van der Waals surface area contributed by atoms with Crippen LogP contribution in [0.2, 0.25) is 0 Å². The van der Waals surface area contributed by atoms with Crippen molar-refractivity contribution in [2.45, 2.75) is 25.4 Å². The monoisotopic (exact) mass is 319 g/mol. The maximum atomic E-state index is 11.7. The van der Waals surface area contributed by atoms with E-state index in [-0.39, 0.29) is 12.5 Å². The van der Waals surface area contributed by atoms with Gasteiger partial charge in [0.15, 0.2) is 5.16 Å². The second-order valence-electron chi connectivity index (χ2n) is 5.01. The first-order valence-corrected chi connectivity index (χ1v) is 8.22. The Kier molecular flexibility index (Phi) is 6.03. The number of hydrogen-bond acceptors (Lipinski definition) is 4. The summed E-state index contributed by atoms with van der Waals surface area (Å²) in [6.07, 6.45) is 4.23. The molecule has 0 bridgehead atoms. The zero-order valence-corrected chi connectivity index (χ0v) is 13.7. The third-order valence-electron chi connectivity index (χ3n) is 3.43. The first-order valence-electron chi connectivity index (χ1n) is 7.23. The van der Waals surface area contributed by atoms with Crippen LogP contribution in [-0.2, 0) is 4.79 Å². The highest BCUT2D eigenvalue weighted by Crippen LogP contribution is 2.24. The topological polar surface area (TPSA) is 67.2 Å². The van der Waals surface area contributed by atoms with Crippen molar-refractivity contribution in [3.05, 3.63) is 41.7 Å². The molecular weight excluding hydrogens is 298 g/mol. The van der Waals surface area contributed by atoms with Crippen molar-refractivity contribution in [1.82, 2.24) is 14.9 Å². The number of aliphatic hydroxyl groups is 1. The van der Waals surface area contributed by atoms with Crippen LogP contribution in [0.15, 0.2) is 35.7 Å². The number of benzene rings is 1. The van der Waals surface area contributed by atoms with Crippen LogP contribution in [0.3, 0.4) is 0 Å². The average molecular weight is 319 g/mol. The molecule has 0 saturated carbocycles. The van der Waals surface area contributed by atoms with Gasteiger partial charge in [0, 0.05) is 25.5 Å². The van der Waals surface area contributed by atoms with Crippen LogP contribution in [0.4, 0.5) is 0 Å². The minimum atomic E-state index is -0.0473. The van der Waals surface area contributed by atoms with Crippen LogP contribution in [-0.4, -0.2) is 39.5 Å². The maximum absolute atomic E-state index is 11.7. The van der Waals surface area contributed by atoms with E-state index >= 15 is 0 Å². The number of thioether (sulfide) groups is 1.